The van der Waals surface area contributed by atoms with E-state index in [0.29, 0.717) is 22.0 Å². The number of ether oxygens (including phenoxy) is 1. The number of rotatable bonds is 5. The first-order valence-corrected chi connectivity index (χ1v) is 11.5. The molecule has 8 heteroatoms. The largest absolute Gasteiger partial charge is 0.443 e. The molecule has 2 heterocycles. The van der Waals surface area contributed by atoms with Gasteiger partial charge in [0.15, 0.2) is 0 Å². The fourth-order valence-corrected chi connectivity index (χ4v) is 3.98. The summed E-state index contributed by atoms with van der Waals surface area (Å²) in [7, 11) is 0. The Morgan fingerprint density at radius 3 is 2.44 bits per heavy atom. The number of pyridine rings is 1. The SMILES string of the molecule is CC(C)(C)OC(=O)N(Cc1ccc(Cl)cc1)c1ccc(C(O)c2c[nH]c3ccccc23)c(Cl)n1. The van der Waals surface area contributed by atoms with Crippen molar-refractivity contribution in [2.24, 2.45) is 0 Å². The number of benzene rings is 2. The highest BCUT2D eigenvalue weighted by Gasteiger charge is 2.26. The third kappa shape index (κ3) is 5.36. The predicted octanol–water partition coefficient (Wildman–Crippen LogP) is 6.89. The van der Waals surface area contributed by atoms with Gasteiger partial charge in [-0.1, -0.05) is 53.5 Å². The zero-order chi connectivity index (χ0) is 24.5. The summed E-state index contributed by atoms with van der Waals surface area (Å²) in [6.07, 6.45) is 0.208. The van der Waals surface area contributed by atoms with Crippen molar-refractivity contribution in [2.75, 3.05) is 4.90 Å². The third-order valence-electron chi connectivity index (χ3n) is 5.22. The second kappa shape index (κ2) is 9.66. The standard InChI is InChI=1S/C26H25Cl2N3O3/c1-26(2,3)34-25(33)31(15-16-8-10-17(27)11-9-16)22-13-12-19(24(28)30-22)23(32)20-14-29-21-7-5-4-6-18(20)21/h4-14,23,29,32H,15H2,1-3H3. The lowest BCUT2D eigenvalue weighted by atomic mass is 10.0. The minimum atomic E-state index is -0.989. The van der Waals surface area contributed by atoms with Crippen molar-refractivity contribution < 1.29 is 14.6 Å². The molecule has 1 unspecified atom stereocenters. The second-order valence-electron chi connectivity index (χ2n) is 8.93. The normalized spacial score (nSPS) is 12.5. The molecule has 176 valence electrons. The summed E-state index contributed by atoms with van der Waals surface area (Å²) in [5, 5.41) is 12.6. The molecular formula is C26H25Cl2N3O3. The van der Waals surface area contributed by atoms with Crippen molar-refractivity contribution in [3.63, 3.8) is 0 Å². The third-order valence-corrected chi connectivity index (χ3v) is 5.77. The summed E-state index contributed by atoms with van der Waals surface area (Å²) in [4.78, 5) is 22.0. The molecule has 0 aliphatic rings. The molecule has 0 aliphatic heterocycles. The Morgan fingerprint density at radius 1 is 1.06 bits per heavy atom. The van der Waals surface area contributed by atoms with E-state index in [2.05, 4.69) is 9.97 Å². The van der Waals surface area contributed by atoms with Crippen LogP contribution in [0.4, 0.5) is 10.6 Å². The quantitative estimate of drug-likeness (QED) is 0.294. The van der Waals surface area contributed by atoms with E-state index in [-0.39, 0.29) is 11.7 Å². The summed E-state index contributed by atoms with van der Waals surface area (Å²) in [6.45, 7) is 5.60. The number of H-pyrrole nitrogens is 1. The number of amides is 1. The van der Waals surface area contributed by atoms with Crippen LogP contribution in [0, 0.1) is 0 Å². The van der Waals surface area contributed by atoms with Gasteiger partial charge in [0.1, 0.15) is 22.7 Å². The smallest absolute Gasteiger partial charge is 0.416 e. The van der Waals surface area contributed by atoms with Crippen molar-refractivity contribution >= 4 is 46.0 Å². The van der Waals surface area contributed by atoms with Crippen LogP contribution in [-0.4, -0.2) is 26.8 Å². The molecule has 2 aromatic carbocycles. The Balaban J connectivity index is 1.67. The lowest BCUT2D eigenvalue weighted by molar-refractivity contribution is 0.0576. The zero-order valence-corrected chi connectivity index (χ0v) is 20.6. The van der Waals surface area contributed by atoms with Crippen LogP contribution in [0.15, 0.2) is 66.9 Å². The molecule has 4 aromatic rings. The summed E-state index contributed by atoms with van der Waals surface area (Å²) in [5.41, 5.74) is 2.19. The van der Waals surface area contributed by atoms with Crippen LogP contribution in [0.2, 0.25) is 10.2 Å². The van der Waals surface area contributed by atoms with Crippen LogP contribution in [0.25, 0.3) is 10.9 Å². The topological polar surface area (TPSA) is 78.5 Å². The lowest BCUT2D eigenvalue weighted by Gasteiger charge is -2.27. The number of carbonyl (C=O) groups is 1. The van der Waals surface area contributed by atoms with E-state index in [1.165, 1.54) is 4.90 Å². The van der Waals surface area contributed by atoms with E-state index < -0.39 is 17.8 Å². The van der Waals surface area contributed by atoms with Crippen LogP contribution < -0.4 is 4.90 Å². The maximum Gasteiger partial charge on any atom is 0.416 e. The van der Waals surface area contributed by atoms with E-state index in [4.69, 9.17) is 27.9 Å². The molecule has 0 bridgehead atoms. The number of hydrogen-bond acceptors (Lipinski definition) is 4. The van der Waals surface area contributed by atoms with E-state index in [1.807, 2.05) is 36.4 Å². The minimum Gasteiger partial charge on any atom is -0.443 e. The molecule has 0 saturated carbocycles. The van der Waals surface area contributed by atoms with Gasteiger partial charge in [0, 0.05) is 33.2 Å². The summed E-state index contributed by atoms with van der Waals surface area (Å²) in [5.74, 6) is 0.309. The molecule has 2 N–H and O–H groups in total. The molecule has 1 amide bonds. The number of halogens is 2. The number of carbonyl (C=O) groups excluding carboxylic acids is 1. The number of aliphatic hydroxyl groups is 1. The first-order valence-electron chi connectivity index (χ1n) is 10.8. The Bertz CT molecular complexity index is 1310. The van der Waals surface area contributed by atoms with Gasteiger partial charge in [-0.2, -0.15) is 0 Å². The van der Waals surface area contributed by atoms with Crippen molar-refractivity contribution in [1.82, 2.24) is 9.97 Å². The predicted molar refractivity (Wildman–Crippen MR) is 135 cm³/mol. The van der Waals surface area contributed by atoms with E-state index in [9.17, 15) is 9.90 Å². The average Bonchev–Trinajstić information content (AvgIpc) is 3.21. The van der Waals surface area contributed by atoms with Gasteiger partial charge in [-0.3, -0.25) is 4.90 Å². The monoisotopic (exact) mass is 497 g/mol. The summed E-state index contributed by atoms with van der Waals surface area (Å²) < 4.78 is 5.60. The van der Waals surface area contributed by atoms with Gasteiger partial charge < -0.3 is 14.8 Å². The van der Waals surface area contributed by atoms with Crippen LogP contribution in [0.5, 0.6) is 0 Å². The molecule has 6 nitrogen and oxygen atoms in total. The highest BCUT2D eigenvalue weighted by Crippen LogP contribution is 2.33. The number of aromatic amines is 1. The summed E-state index contributed by atoms with van der Waals surface area (Å²) >= 11 is 12.5. The van der Waals surface area contributed by atoms with Gasteiger partial charge in [-0.25, -0.2) is 9.78 Å². The van der Waals surface area contributed by atoms with E-state index in [1.54, 1.807) is 51.2 Å². The lowest BCUT2D eigenvalue weighted by Crippen LogP contribution is -2.37. The van der Waals surface area contributed by atoms with Gasteiger partial charge in [0.2, 0.25) is 0 Å². The first kappa shape index (κ1) is 24.1. The fraction of sp³-hybridized carbons (Fsp3) is 0.231. The van der Waals surface area contributed by atoms with E-state index >= 15 is 0 Å². The second-order valence-corrected chi connectivity index (χ2v) is 9.73. The Morgan fingerprint density at radius 2 is 1.76 bits per heavy atom. The highest BCUT2D eigenvalue weighted by atomic mass is 35.5. The molecular weight excluding hydrogens is 473 g/mol. The molecule has 0 fully saturated rings. The van der Waals surface area contributed by atoms with Gasteiger partial charge in [0.25, 0.3) is 0 Å². The van der Waals surface area contributed by atoms with Crippen LogP contribution in [0.3, 0.4) is 0 Å². The molecule has 1 atom stereocenters. The number of aliphatic hydroxyl groups excluding tert-OH is 1. The highest BCUT2D eigenvalue weighted by molar-refractivity contribution is 6.30. The number of para-hydroxylation sites is 1. The number of fused-ring (bicyclic) bond motifs is 1. The van der Waals surface area contributed by atoms with E-state index in [0.717, 1.165) is 16.5 Å². The van der Waals surface area contributed by atoms with Crippen LogP contribution in [-0.2, 0) is 11.3 Å². The number of aromatic nitrogens is 2. The number of nitrogens with one attached hydrogen (secondary N) is 1. The van der Waals surface area contributed by atoms with Crippen LogP contribution in [0.1, 0.15) is 43.6 Å². The maximum atomic E-state index is 13.0. The van der Waals surface area contributed by atoms with Gasteiger partial charge in [0.05, 0.1) is 6.54 Å². The molecule has 0 saturated heterocycles. The molecule has 2 aromatic heterocycles. The molecule has 0 spiro atoms. The van der Waals surface area contributed by atoms with Gasteiger partial charge >= 0.3 is 6.09 Å². The number of nitrogens with zero attached hydrogens (tertiary/aromatic N) is 2. The fourth-order valence-electron chi connectivity index (χ4n) is 3.61. The van der Waals surface area contributed by atoms with Crippen molar-refractivity contribution in [2.45, 2.75) is 39.0 Å². The van der Waals surface area contributed by atoms with Gasteiger partial charge in [-0.15, -0.1) is 0 Å². The molecule has 34 heavy (non-hydrogen) atoms. The van der Waals surface area contributed by atoms with Crippen molar-refractivity contribution in [3.8, 4) is 0 Å². The zero-order valence-electron chi connectivity index (χ0n) is 19.0. The molecule has 0 radical (unpaired) electrons. The molecule has 0 aliphatic carbocycles. The van der Waals surface area contributed by atoms with Crippen LogP contribution >= 0.6 is 23.2 Å². The minimum absolute atomic E-state index is 0.0972. The maximum absolute atomic E-state index is 13.0. The average molecular weight is 498 g/mol. The molecule has 4 rings (SSSR count). The Labute approximate surface area is 208 Å². The first-order chi connectivity index (χ1) is 16.1. The number of anilines is 1. The Kier molecular flexibility index (Phi) is 6.84. The summed E-state index contributed by atoms with van der Waals surface area (Å²) in [6, 6.07) is 18.2. The number of hydrogen-bond donors (Lipinski definition) is 2. The van der Waals surface area contributed by atoms with Crippen molar-refractivity contribution in [3.05, 3.63) is 93.7 Å². The Hall–Kier alpha value is -3.06. The van der Waals surface area contributed by atoms with Gasteiger partial charge in [-0.05, 0) is 56.7 Å². The van der Waals surface area contributed by atoms with Crippen molar-refractivity contribution in [1.29, 1.82) is 0 Å².